The van der Waals surface area contributed by atoms with Crippen LogP contribution >= 0.6 is 0 Å². The second-order valence-corrected chi connectivity index (χ2v) is 9.11. The van der Waals surface area contributed by atoms with Crippen molar-refractivity contribution in [2.75, 3.05) is 20.8 Å². The lowest BCUT2D eigenvalue weighted by Crippen LogP contribution is -2.52. The molecule has 3 rings (SSSR count). The Kier molecular flexibility index (Phi) is 10.8. The zero-order valence-corrected chi connectivity index (χ0v) is 23.0. The fraction of sp³-hybridized carbons (Fsp3) is 0.290. The van der Waals surface area contributed by atoms with Crippen LogP contribution in [0.25, 0.3) is 0 Å². The van der Waals surface area contributed by atoms with Gasteiger partial charge in [0, 0.05) is 31.8 Å². The Morgan fingerprint density at radius 2 is 1.07 bits per heavy atom. The van der Waals surface area contributed by atoms with Crippen molar-refractivity contribution in [3.8, 4) is 0 Å². The normalized spacial score (nSPS) is 15.7. The molecule has 0 spiro atoms. The van der Waals surface area contributed by atoms with E-state index in [9.17, 15) is 35.9 Å². The molecule has 0 aromatic heterocycles. The summed E-state index contributed by atoms with van der Waals surface area (Å²) in [7, 11) is 1.47. The molecule has 0 saturated carbocycles. The number of halogens is 6. The van der Waals surface area contributed by atoms with E-state index in [0.717, 1.165) is 38.5 Å². The van der Waals surface area contributed by atoms with E-state index in [1.54, 1.807) is 18.2 Å². The van der Waals surface area contributed by atoms with Gasteiger partial charge in [-0.15, -0.1) is 0 Å². The maximum absolute atomic E-state index is 14.3. The van der Waals surface area contributed by atoms with Crippen LogP contribution in [-0.4, -0.2) is 45.1 Å². The first-order valence-electron chi connectivity index (χ1n) is 12.8. The highest BCUT2D eigenvalue weighted by molar-refractivity contribution is 5.83. The molecule has 3 aromatic rings. The average Bonchev–Trinajstić information content (AvgIpc) is 2.98. The lowest BCUT2D eigenvalue weighted by molar-refractivity contribution is -0.278. The Hall–Kier alpha value is -4.16. The summed E-state index contributed by atoms with van der Waals surface area (Å²) in [6, 6.07) is 20.3. The third-order valence-electron chi connectivity index (χ3n) is 6.59. The molecule has 0 heterocycles. The molecule has 3 aromatic carbocycles. The van der Waals surface area contributed by atoms with E-state index in [0.29, 0.717) is 5.56 Å². The third kappa shape index (κ3) is 6.91. The van der Waals surface area contributed by atoms with Gasteiger partial charge in [0.05, 0.1) is 0 Å². The van der Waals surface area contributed by atoms with Crippen LogP contribution < -0.4 is 0 Å². The first-order chi connectivity index (χ1) is 20.3. The van der Waals surface area contributed by atoms with Gasteiger partial charge in [-0.1, -0.05) is 103 Å². The fourth-order valence-corrected chi connectivity index (χ4v) is 4.42. The number of benzene rings is 3. The van der Waals surface area contributed by atoms with Gasteiger partial charge in [0.25, 0.3) is 11.2 Å². The predicted octanol–water partition coefficient (Wildman–Crippen LogP) is 6.97. The lowest BCUT2D eigenvalue weighted by atomic mass is 9.92. The van der Waals surface area contributed by atoms with Gasteiger partial charge in [-0.25, -0.2) is 9.59 Å². The number of hydrogen-bond acceptors (Lipinski definition) is 6. The average molecular weight is 611 g/mol. The Morgan fingerprint density at radius 3 is 1.49 bits per heavy atom. The molecule has 0 aliphatic rings. The second kappa shape index (κ2) is 13.9. The lowest BCUT2D eigenvalue weighted by Gasteiger charge is -2.33. The maximum Gasteiger partial charge on any atom is 0.432 e. The van der Waals surface area contributed by atoms with E-state index in [1.165, 1.54) is 60.7 Å². The van der Waals surface area contributed by atoms with E-state index in [4.69, 9.17) is 14.2 Å². The Bertz CT molecular complexity index is 1360. The highest BCUT2D eigenvalue weighted by Gasteiger charge is 2.65. The molecule has 0 aliphatic heterocycles. The van der Waals surface area contributed by atoms with Gasteiger partial charge >= 0.3 is 24.3 Å². The summed E-state index contributed by atoms with van der Waals surface area (Å²) in [6.07, 6.45) is -9.37. The molecule has 0 radical (unpaired) electrons. The van der Waals surface area contributed by atoms with Crippen molar-refractivity contribution in [1.29, 1.82) is 0 Å². The van der Waals surface area contributed by atoms with Crippen molar-refractivity contribution in [2.45, 2.75) is 36.1 Å². The Balaban J connectivity index is 1.81. The van der Waals surface area contributed by atoms with Gasteiger partial charge in [0.1, 0.15) is 12.7 Å². The van der Waals surface area contributed by atoms with Crippen molar-refractivity contribution >= 4 is 11.9 Å². The van der Waals surface area contributed by atoms with Crippen LogP contribution in [0.5, 0.6) is 0 Å². The number of methoxy groups -OCH3 is 2. The first kappa shape index (κ1) is 33.3. The van der Waals surface area contributed by atoms with Crippen molar-refractivity contribution in [3.63, 3.8) is 0 Å². The zero-order chi connectivity index (χ0) is 31.7. The minimum absolute atomic E-state index is 0.215. The minimum atomic E-state index is -5.20. The molecular formula is C31H28F6O6. The molecule has 12 heteroatoms. The topological polar surface area (TPSA) is 71.1 Å². The van der Waals surface area contributed by atoms with Crippen molar-refractivity contribution < 1.29 is 54.9 Å². The summed E-state index contributed by atoms with van der Waals surface area (Å²) in [5.41, 5.74) is -7.46. The van der Waals surface area contributed by atoms with Crippen LogP contribution in [0.3, 0.4) is 0 Å². The van der Waals surface area contributed by atoms with E-state index in [1.807, 2.05) is 0 Å². The zero-order valence-electron chi connectivity index (χ0n) is 23.0. The quantitative estimate of drug-likeness (QED) is 0.125. The molecule has 43 heavy (non-hydrogen) atoms. The number of esters is 2. The van der Waals surface area contributed by atoms with Crippen LogP contribution in [0, 0.1) is 0 Å². The molecule has 230 valence electrons. The first-order valence-corrected chi connectivity index (χ1v) is 12.8. The van der Waals surface area contributed by atoms with Crippen LogP contribution in [0.2, 0.25) is 0 Å². The van der Waals surface area contributed by atoms with Crippen molar-refractivity contribution in [1.82, 2.24) is 0 Å². The molecular weight excluding hydrogens is 582 g/mol. The molecule has 0 unspecified atom stereocenters. The summed E-state index contributed by atoms with van der Waals surface area (Å²) in [5, 5.41) is 0. The van der Waals surface area contributed by atoms with Gasteiger partial charge in [-0.05, 0) is 5.56 Å². The number of alkyl halides is 6. The van der Waals surface area contributed by atoms with Crippen LogP contribution in [-0.2, 0) is 39.7 Å². The predicted molar refractivity (Wildman–Crippen MR) is 142 cm³/mol. The highest BCUT2D eigenvalue weighted by atomic mass is 19.4. The summed E-state index contributed by atoms with van der Waals surface area (Å²) < 4.78 is 105. The van der Waals surface area contributed by atoms with E-state index in [-0.39, 0.29) is 6.42 Å². The molecule has 6 nitrogen and oxygen atoms in total. The SMILES string of the molecule is CO[C@@](C(=O)OC/C=C\C[C@@H](OC(=O)[C@](OC)(c1ccccc1)C(F)(F)F)c1ccccc1)(c1ccccc1)C(F)(F)F. The number of hydrogen-bond donors (Lipinski definition) is 0. The third-order valence-corrected chi connectivity index (χ3v) is 6.59. The number of carbonyl (C=O) groups excluding carboxylic acids is 2. The largest absolute Gasteiger partial charge is 0.459 e. The van der Waals surface area contributed by atoms with Crippen LogP contribution in [0.4, 0.5) is 26.3 Å². The number of ether oxygens (including phenoxy) is 4. The van der Waals surface area contributed by atoms with E-state index >= 15 is 0 Å². The Morgan fingerprint density at radius 1 is 0.651 bits per heavy atom. The van der Waals surface area contributed by atoms with Gasteiger partial charge in [0.15, 0.2) is 0 Å². The highest BCUT2D eigenvalue weighted by Crippen LogP contribution is 2.45. The number of carbonyl (C=O) groups is 2. The minimum Gasteiger partial charge on any atom is -0.459 e. The Labute approximate surface area is 243 Å². The molecule has 0 aliphatic carbocycles. The monoisotopic (exact) mass is 610 g/mol. The number of rotatable bonds is 12. The van der Waals surface area contributed by atoms with E-state index in [2.05, 4.69) is 4.74 Å². The standard InChI is InChI=1S/C31H28F6O6/c1-40-28(30(32,33)34,23-16-8-4-9-17-23)26(38)42-21-13-12-20-25(22-14-6-3-7-15-22)43-27(39)29(41-2,31(35,36)37)24-18-10-5-11-19-24/h3-19,25H,20-21H2,1-2H3/b13-12-/t25-,28-,29-/m1/s1. The molecule has 0 fully saturated rings. The van der Waals surface area contributed by atoms with Gasteiger partial charge in [0.2, 0.25) is 0 Å². The second-order valence-electron chi connectivity index (χ2n) is 9.11. The molecule has 0 N–H and O–H groups in total. The van der Waals surface area contributed by atoms with E-state index < -0.39 is 59.3 Å². The van der Waals surface area contributed by atoms with Gasteiger partial charge in [-0.3, -0.25) is 0 Å². The summed E-state index contributed by atoms with van der Waals surface area (Å²) in [6.45, 7) is -0.642. The molecule has 3 atom stereocenters. The molecule has 0 bridgehead atoms. The van der Waals surface area contributed by atoms with Gasteiger partial charge in [-0.2, -0.15) is 26.3 Å². The molecule has 0 saturated heterocycles. The smallest absolute Gasteiger partial charge is 0.432 e. The molecule has 0 amide bonds. The van der Waals surface area contributed by atoms with Crippen molar-refractivity contribution in [2.24, 2.45) is 0 Å². The van der Waals surface area contributed by atoms with Gasteiger partial charge < -0.3 is 18.9 Å². The van der Waals surface area contributed by atoms with Crippen LogP contribution in [0.1, 0.15) is 29.2 Å². The fourth-order valence-electron chi connectivity index (χ4n) is 4.42. The summed E-state index contributed by atoms with van der Waals surface area (Å²) in [4.78, 5) is 25.9. The maximum atomic E-state index is 14.3. The summed E-state index contributed by atoms with van der Waals surface area (Å²) in [5.74, 6) is -3.44. The summed E-state index contributed by atoms with van der Waals surface area (Å²) >= 11 is 0. The van der Waals surface area contributed by atoms with Crippen molar-refractivity contribution in [3.05, 3.63) is 120 Å². The van der Waals surface area contributed by atoms with Crippen LogP contribution in [0.15, 0.2) is 103 Å².